The van der Waals surface area contributed by atoms with Crippen molar-refractivity contribution in [3.8, 4) is 0 Å². The second-order valence-electron chi connectivity index (χ2n) is 7.80. The molecule has 29 heavy (non-hydrogen) atoms. The van der Waals surface area contributed by atoms with Crippen LogP contribution in [0.3, 0.4) is 0 Å². The number of aromatic nitrogens is 1. The topological polar surface area (TPSA) is 40.5 Å². The van der Waals surface area contributed by atoms with Gasteiger partial charge in [-0.3, -0.25) is 4.79 Å². The van der Waals surface area contributed by atoms with E-state index in [0.717, 1.165) is 61.7 Å². The molecule has 0 bridgehead atoms. The van der Waals surface area contributed by atoms with Crippen LogP contribution >= 0.6 is 0 Å². The molecule has 5 nitrogen and oxygen atoms in total. The lowest BCUT2D eigenvalue weighted by molar-refractivity contribution is 0.0944. The molecule has 1 N–H and O–H groups in total. The monoisotopic (exact) mass is 400 g/mol. The third-order valence-electron chi connectivity index (χ3n) is 5.84. The number of anilines is 1. The van der Waals surface area contributed by atoms with E-state index in [1.807, 2.05) is 19.9 Å². The van der Waals surface area contributed by atoms with Crippen LogP contribution in [0.5, 0.6) is 0 Å². The average molecular weight is 401 g/mol. The Hall–Kier alpha value is -2.34. The zero-order valence-electron chi connectivity index (χ0n) is 18.1. The van der Waals surface area contributed by atoms with Crippen molar-refractivity contribution in [2.45, 2.75) is 40.7 Å². The Kier molecular flexibility index (Phi) is 6.96. The highest BCUT2D eigenvalue weighted by Crippen LogP contribution is 2.32. The van der Waals surface area contributed by atoms with Crippen LogP contribution in [0.25, 0.3) is 0 Å². The maximum Gasteiger partial charge on any atom is 0.268 e. The van der Waals surface area contributed by atoms with Crippen LogP contribution in [-0.2, 0) is 6.54 Å². The zero-order chi connectivity index (χ0) is 21.0. The molecule has 0 unspecified atom stereocenters. The number of carbonyl (C=O) groups excluding carboxylic acids is 1. The van der Waals surface area contributed by atoms with E-state index >= 15 is 0 Å². The van der Waals surface area contributed by atoms with Gasteiger partial charge in [0.05, 0.1) is 5.69 Å². The van der Waals surface area contributed by atoms with Crippen LogP contribution in [-0.4, -0.2) is 54.6 Å². The number of nitrogens with one attached hydrogen (secondary N) is 1. The Labute approximate surface area is 173 Å². The molecule has 2 aromatic rings. The molecular formula is C23H33FN4O. The molecule has 158 valence electrons. The number of piperazine rings is 1. The molecule has 0 atom stereocenters. The summed E-state index contributed by atoms with van der Waals surface area (Å²) in [6.07, 6.45) is 0.889. The van der Waals surface area contributed by atoms with Crippen LogP contribution in [0.2, 0.25) is 0 Å². The Morgan fingerprint density at radius 2 is 1.86 bits per heavy atom. The molecule has 1 saturated heterocycles. The van der Waals surface area contributed by atoms with Gasteiger partial charge in [-0.1, -0.05) is 26.0 Å². The summed E-state index contributed by atoms with van der Waals surface area (Å²) in [5.41, 5.74) is 4.78. The summed E-state index contributed by atoms with van der Waals surface area (Å²) in [4.78, 5) is 17.9. The molecule has 3 rings (SSSR count). The van der Waals surface area contributed by atoms with Crippen molar-refractivity contribution in [3.63, 3.8) is 0 Å². The Bertz CT molecular complexity index is 853. The third kappa shape index (κ3) is 4.64. The van der Waals surface area contributed by atoms with Gasteiger partial charge in [-0.15, -0.1) is 0 Å². The normalized spacial score (nSPS) is 15.0. The largest absolute Gasteiger partial charge is 0.367 e. The molecule has 1 aromatic carbocycles. The van der Waals surface area contributed by atoms with Crippen molar-refractivity contribution in [1.82, 2.24) is 14.8 Å². The van der Waals surface area contributed by atoms with Crippen molar-refractivity contribution >= 4 is 11.6 Å². The van der Waals surface area contributed by atoms with Crippen LogP contribution in [0.1, 0.15) is 47.6 Å². The molecule has 2 heterocycles. The van der Waals surface area contributed by atoms with Crippen molar-refractivity contribution in [3.05, 3.63) is 52.6 Å². The van der Waals surface area contributed by atoms with Gasteiger partial charge in [0, 0.05) is 50.5 Å². The van der Waals surface area contributed by atoms with E-state index in [1.54, 1.807) is 12.1 Å². The predicted octanol–water partition coefficient (Wildman–Crippen LogP) is 3.57. The first kappa shape index (κ1) is 21.4. The smallest absolute Gasteiger partial charge is 0.268 e. The Morgan fingerprint density at radius 3 is 2.48 bits per heavy atom. The lowest BCUT2D eigenvalue weighted by Gasteiger charge is -2.36. The number of halogens is 1. The van der Waals surface area contributed by atoms with Gasteiger partial charge in [0.2, 0.25) is 0 Å². The van der Waals surface area contributed by atoms with Gasteiger partial charge in [-0.2, -0.15) is 0 Å². The maximum absolute atomic E-state index is 13.7. The standard InChI is InChI=1S/C23H33FN4O/c1-5-10-25-23(29)22-17(3)21(27-13-11-26(6-2)12-14-27)18(4)28(22)16-19-8-7-9-20(24)15-19/h7-9,15H,5-6,10-14,16H2,1-4H3,(H,25,29). The minimum absolute atomic E-state index is 0.0534. The molecule has 1 amide bonds. The summed E-state index contributed by atoms with van der Waals surface area (Å²) in [5.74, 6) is -0.306. The van der Waals surface area contributed by atoms with E-state index in [9.17, 15) is 9.18 Å². The Balaban J connectivity index is 1.99. The highest BCUT2D eigenvalue weighted by molar-refractivity contribution is 5.96. The van der Waals surface area contributed by atoms with Gasteiger partial charge in [-0.25, -0.2) is 4.39 Å². The molecule has 1 fully saturated rings. The molecule has 6 heteroatoms. The van der Waals surface area contributed by atoms with Gasteiger partial charge < -0.3 is 19.7 Å². The molecule has 0 saturated carbocycles. The lowest BCUT2D eigenvalue weighted by Crippen LogP contribution is -2.46. The first-order valence-electron chi connectivity index (χ1n) is 10.7. The van der Waals surface area contributed by atoms with Gasteiger partial charge in [0.15, 0.2) is 0 Å². The SMILES string of the molecule is CCCNC(=O)c1c(C)c(N2CCN(CC)CC2)c(C)n1Cc1cccc(F)c1. The van der Waals surface area contributed by atoms with E-state index in [1.165, 1.54) is 6.07 Å². The minimum Gasteiger partial charge on any atom is -0.367 e. The quantitative estimate of drug-likeness (QED) is 0.772. The fourth-order valence-corrected chi connectivity index (χ4v) is 4.27. The van der Waals surface area contributed by atoms with Gasteiger partial charge in [0.25, 0.3) is 5.91 Å². The van der Waals surface area contributed by atoms with Gasteiger partial charge >= 0.3 is 0 Å². The first-order valence-corrected chi connectivity index (χ1v) is 10.7. The third-order valence-corrected chi connectivity index (χ3v) is 5.84. The highest BCUT2D eigenvalue weighted by Gasteiger charge is 2.27. The number of hydrogen-bond acceptors (Lipinski definition) is 3. The van der Waals surface area contributed by atoms with E-state index in [0.29, 0.717) is 18.8 Å². The lowest BCUT2D eigenvalue weighted by atomic mass is 10.1. The molecular weight excluding hydrogens is 367 g/mol. The molecule has 1 aromatic heterocycles. The summed E-state index contributed by atoms with van der Waals surface area (Å²) in [7, 11) is 0. The molecule has 0 aliphatic carbocycles. The molecule has 0 spiro atoms. The highest BCUT2D eigenvalue weighted by atomic mass is 19.1. The number of rotatable bonds is 7. The number of nitrogens with zero attached hydrogens (tertiary/aromatic N) is 3. The number of carbonyl (C=O) groups is 1. The van der Waals surface area contributed by atoms with Crippen LogP contribution in [0.15, 0.2) is 24.3 Å². The van der Waals surface area contributed by atoms with Gasteiger partial charge in [0.1, 0.15) is 11.5 Å². The number of benzene rings is 1. The summed E-state index contributed by atoms with van der Waals surface area (Å²) in [5, 5.41) is 3.03. The summed E-state index contributed by atoms with van der Waals surface area (Å²) < 4.78 is 15.8. The maximum atomic E-state index is 13.7. The van der Waals surface area contributed by atoms with E-state index in [4.69, 9.17) is 0 Å². The van der Waals surface area contributed by atoms with Crippen LogP contribution in [0, 0.1) is 19.7 Å². The second kappa shape index (κ2) is 9.44. The fourth-order valence-electron chi connectivity index (χ4n) is 4.27. The number of amides is 1. The number of hydrogen-bond donors (Lipinski definition) is 1. The van der Waals surface area contributed by atoms with Crippen molar-refractivity contribution in [2.75, 3.05) is 44.2 Å². The van der Waals surface area contributed by atoms with E-state index in [2.05, 4.69) is 33.5 Å². The molecule has 0 radical (unpaired) electrons. The van der Waals surface area contributed by atoms with Crippen LogP contribution < -0.4 is 10.2 Å². The zero-order valence-corrected chi connectivity index (χ0v) is 18.1. The summed E-state index contributed by atoms with van der Waals surface area (Å²) >= 11 is 0. The van der Waals surface area contributed by atoms with Crippen molar-refractivity contribution in [1.29, 1.82) is 0 Å². The molecule has 1 aliphatic heterocycles. The summed E-state index contributed by atoms with van der Waals surface area (Å²) in [6.45, 7) is 14.5. The van der Waals surface area contributed by atoms with Gasteiger partial charge in [-0.05, 0) is 44.5 Å². The fraction of sp³-hybridized carbons (Fsp3) is 0.522. The van der Waals surface area contributed by atoms with Crippen molar-refractivity contribution < 1.29 is 9.18 Å². The predicted molar refractivity (Wildman–Crippen MR) is 116 cm³/mol. The van der Waals surface area contributed by atoms with E-state index < -0.39 is 0 Å². The van der Waals surface area contributed by atoms with Crippen molar-refractivity contribution in [2.24, 2.45) is 0 Å². The molecule has 1 aliphatic rings. The number of likely N-dealkylation sites (N-methyl/N-ethyl adjacent to an activating group) is 1. The van der Waals surface area contributed by atoms with Crippen LogP contribution in [0.4, 0.5) is 10.1 Å². The van der Waals surface area contributed by atoms with E-state index in [-0.39, 0.29) is 11.7 Å². The minimum atomic E-state index is -0.253. The second-order valence-corrected chi connectivity index (χ2v) is 7.80. The summed E-state index contributed by atoms with van der Waals surface area (Å²) in [6, 6.07) is 6.62. The first-order chi connectivity index (χ1) is 14.0. The average Bonchev–Trinajstić information content (AvgIpc) is 2.96. The Morgan fingerprint density at radius 1 is 1.14 bits per heavy atom.